The number of H-pyrrole nitrogens is 2. The van der Waals surface area contributed by atoms with Crippen LogP contribution in [0, 0.1) is 12.7 Å². The predicted octanol–water partition coefficient (Wildman–Crippen LogP) is 5.49. The summed E-state index contributed by atoms with van der Waals surface area (Å²) in [5.41, 5.74) is 6.53. The van der Waals surface area contributed by atoms with Crippen molar-refractivity contribution in [2.75, 3.05) is 26.2 Å². The molecule has 0 aliphatic carbocycles. The zero-order valence-electron chi connectivity index (χ0n) is 22.4. The van der Waals surface area contributed by atoms with Gasteiger partial charge in [-0.2, -0.15) is 5.10 Å². The molecule has 202 valence electrons. The SMILES string of the molecule is Cc1ncc(-c2cc3c(-c4cc5c(-c6cc(F)cc(OCCN7CCCC7)c6)cncc5[nH]4)n[nH]c3cn2)n1C. The number of imidazole rings is 1. The monoisotopic (exact) mass is 536 g/mol. The first-order valence-electron chi connectivity index (χ1n) is 13.5. The van der Waals surface area contributed by atoms with Gasteiger partial charge in [0.2, 0.25) is 0 Å². The van der Waals surface area contributed by atoms with Crippen LogP contribution >= 0.6 is 0 Å². The lowest BCUT2D eigenvalue weighted by molar-refractivity contribution is 0.237. The van der Waals surface area contributed by atoms with Crippen LogP contribution in [-0.2, 0) is 7.05 Å². The van der Waals surface area contributed by atoms with Crippen molar-refractivity contribution in [1.29, 1.82) is 0 Å². The number of benzene rings is 1. The fraction of sp³-hybridized carbons (Fsp3) is 0.267. The van der Waals surface area contributed by atoms with Crippen LogP contribution in [0.25, 0.3) is 55.7 Å². The third-order valence-corrected chi connectivity index (χ3v) is 7.79. The van der Waals surface area contributed by atoms with Gasteiger partial charge in [0.05, 0.1) is 46.7 Å². The number of pyridine rings is 2. The lowest BCUT2D eigenvalue weighted by Gasteiger charge is -2.15. The Hall–Kier alpha value is -4.57. The smallest absolute Gasteiger partial charge is 0.127 e. The van der Waals surface area contributed by atoms with Gasteiger partial charge in [0.15, 0.2) is 0 Å². The molecule has 2 N–H and O–H groups in total. The van der Waals surface area contributed by atoms with E-state index in [0.29, 0.717) is 17.9 Å². The van der Waals surface area contributed by atoms with Crippen molar-refractivity contribution in [2.45, 2.75) is 19.8 Å². The van der Waals surface area contributed by atoms with Crippen molar-refractivity contribution in [3.8, 4) is 39.7 Å². The van der Waals surface area contributed by atoms with Gasteiger partial charge in [0.1, 0.15) is 29.7 Å². The van der Waals surface area contributed by atoms with Crippen LogP contribution in [0.2, 0.25) is 0 Å². The summed E-state index contributed by atoms with van der Waals surface area (Å²) >= 11 is 0. The van der Waals surface area contributed by atoms with E-state index in [1.165, 1.54) is 25.0 Å². The summed E-state index contributed by atoms with van der Waals surface area (Å²) in [6, 6.07) is 8.90. The predicted molar refractivity (Wildman–Crippen MR) is 152 cm³/mol. The zero-order chi connectivity index (χ0) is 27.2. The molecule has 0 radical (unpaired) electrons. The zero-order valence-corrected chi connectivity index (χ0v) is 22.4. The summed E-state index contributed by atoms with van der Waals surface area (Å²) in [6.45, 7) is 5.55. The molecule has 5 aromatic heterocycles. The minimum absolute atomic E-state index is 0.342. The van der Waals surface area contributed by atoms with Crippen molar-refractivity contribution in [3.05, 3.63) is 66.8 Å². The second-order valence-corrected chi connectivity index (χ2v) is 10.3. The minimum atomic E-state index is -0.342. The average molecular weight is 537 g/mol. The Balaban J connectivity index is 1.23. The first kappa shape index (κ1) is 24.5. The molecule has 1 saturated heterocycles. The van der Waals surface area contributed by atoms with Gasteiger partial charge in [-0.05, 0) is 62.7 Å². The number of aryl methyl sites for hydroxylation is 1. The number of nitrogens with one attached hydrogen (secondary N) is 2. The van der Waals surface area contributed by atoms with Crippen LogP contribution in [0.15, 0.2) is 55.1 Å². The molecule has 0 unspecified atom stereocenters. The third kappa shape index (κ3) is 4.40. The fourth-order valence-corrected chi connectivity index (χ4v) is 5.51. The third-order valence-electron chi connectivity index (χ3n) is 7.79. The Morgan fingerprint density at radius 2 is 1.82 bits per heavy atom. The lowest BCUT2D eigenvalue weighted by Crippen LogP contribution is -2.25. The molecular weight excluding hydrogens is 507 g/mol. The van der Waals surface area contributed by atoms with Gasteiger partial charge in [-0.1, -0.05) is 0 Å². The number of hydrogen-bond donors (Lipinski definition) is 2. The summed E-state index contributed by atoms with van der Waals surface area (Å²) < 4.78 is 22.7. The lowest BCUT2D eigenvalue weighted by atomic mass is 10.0. The summed E-state index contributed by atoms with van der Waals surface area (Å²) in [5.74, 6) is 1.09. The molecule has 6 heterocycles. The van der Waals surface area contributed by atoms with Gasteiger partial charge >= 0.3 is 0 Å². The summed E-state index contributed by atoms with van der Waals surface area (Å²) in [7, 11) is 1.97. The Morgan fingerprint density at radius 3 is 2.65 bits per heavy atom. The molecule has 0 amide bonds. The summed E-state index contributed by atoms with van der Waals surface area (Å²) in [4.78, 5) is 19.3. The second kappa shape index (κ2) is 9.87. The van der Waals surface area contributed by atoms with Gasteiger partial charge < -0.3 is 14.3 Å². The number of likely N-dealkylation sites (tertiary alicyclic amines) is 1. The molecular formula is C30H29FN8O. The van der Waals surface area contributed by atoms with E-state index < -0.39 is 0 Å². The van der Waals surface area contributed by atoms with Crippen molar-refractivity contribution in [2.24, 2.45) is 7.05 Å². The van der Waals surface area contributed by atoms with Crippen LogP contribution in [0.5, 0.6) is 5.75 Å². The number of aromatic nitrogens is 7. The summed E-state index contributed by atoms with van der Waals surface area (Å²) in [5, 5.41) is 9.54. The molecule has 1 aliphatic rings. The largest absolute Gasteiger partial charge is 0.492 e. The van der Waals surface area contributed by atoms with Crippen LogP contribution < -0.4 is 4.74 Å². The van der Waals surface area contributed by atoms with E-state index in [1.54, 1.807) is 18.6 Å². The molecule has 9 nitrogen and oxygen atoms in total. The average Bonchev–Trinajstić information content (AvgIpc) is 3.75. The molecule has 1 aromatic carbocycles. The van der Waals surface area contributed by atoms with Crippen LogP contribution in [-0.4, -0.2) is 65.8 Å². The van der Waals surface area contributed by atoms with Gasteiger partial charge in [0, 0.05) is 42.2 Å². The number of aromatic amines is 2. The van der Waals surface area contributed by atoms with Crippen molar-refractivity contribution >= 4 is 21.8 Å². The quantitative estimate of drug-likeness (QED) is 0.280. The van der Waals surface area contributed by atoms with Gasteiger partial charge in [-0.15, -0.1) is 0 Å². The normalized spacial score (nSPS) is 14.1. The van der Waals surface area contributed by atoms with E-state index in [1.807, 2.05) is 42.9 Å². The van der Waals surface area contributed by atoms with E-state index in [2.05, 4.69) is 35.0 Å². The maximum absolute atomic E-state index is 14.7. The molecule has 0 saturated carbocycles. The molecule has 1 aliphatic heterocycles. The maximum atomic E-state index is 14.7. The summed E-state index contributed by atoms with van der Waals surface area (Å²) in [6.07, 6.45) is 9.62. The number of hydrogen-bond acceptors (Lipinski definition) is 6. The van der Waals surface area contributed by atoms with E-state index in [4.69, 9.17) is 4.74 Å². The number of ether oxygens (including phenoxy) is 1. The van der Waals surface area contributed by atoms with Crippen molar-refractivity contribution < 1.29 is 9.13 Å². The number of fused-ring (bicyclic) bond motifs is 2. The van der Waals surface area contributed by atoms with E-state index in [9.17, 15) is 4.39 Å². The van der Waals surface area contributed by atoms with Gasteiger partial charge in [0.25, 0.3) is 0 Å². The Morgan fingerprint density at radius 1 is 0.950 bits per heavy atom. The standard InChI is InChI=1S/C30H29FN8O/c1-18-33-17-29(38(18)2)25-13-23-28(16-34-25)36-37-30(23)26-12-22-24(14-32-15-27(22)35-26)19-9-20(31)11-21(10-19)40-8-7-39-5-3-4-6-39/h9-17,35H,3-8H2,1-2H3,(H,36,37). The molecule has 7 rings (SSSR count). The topological polar surface area (TPSA) is 101 Å². The van der Waals surface area contributed by atoms with Crippen molar-refractivity contribution in [3.63, 3.8) is 0 Å². The first-order valence-corrected chi connectivity index (χ1v) is 13.5. The first-order chi connectivity index (χ1) is 19.5. The minimum Gasteiger partial charge on any atom is -0.492 e. The molecule has 0 atom stereocenters. The van der Waals surface area contributed by atoms with Crippen LogP contribution in [0.3, 0.4) is 0 Å². The molecule has 40 heavy (non-hydrogen) atoms. The molecule has 1 fully saturated rings. The highest BCUT2D eigenvalue weighted by molar-refractivity contribution is 6.01. The number of halogens is 1. The fourth-order valence-electron chi connectivity index (χ4n) is 5.51. The Labute approximate surface area is 230 Å². The van der Waals surface area contributed by atoms with Crippen LogP contribution in [0.1, 0.15) is 18.7 Å². The van der Waals surface area contributed by atoms with E-state index >= 15 is 0 Å². The second-order valence-electron chi connectivity index (χ2n) is 10.3. The maximum Gasteiger partial charge on any atom is 0.127 e. The van der Waals surface area contributed by atoms with Crippen LogP contribution in [0.4, 0.5) is 4.39 Å². The van der Waals surface area contributed by atoms with Crippen molar-refractivity contribution in [1.82, 2.24) is 39.6 Å². The number of nitrogens with zero attached hydrogens (tertiary/aromatic N) is 6. The molecule has 10 heteroatoms. The van der Waals surface area contributed by atoms with Gasteiger partial charge in [-0.3, -0.25) is 20.0 Å². The molecule has 0 bridgehead atoms. The highest BCUT2D eigenvalue weighted by Gasteiger charge is 2.17. The molecule has 0 spiro atoms. The highest BCUT2D eigenvalue weighted by atomic mass is 19.1. The van der Waals surface area contributed by atoms with E-state index in [0.717, 1.165) is 75.6 Å². The molecule has 6 aromatic rings. The Bertz CT molecular complexity index is 1850. The highest BCUT2D eigenvalue weighted by Crippen LogP contribution is 2.35. The van der Waals surface area contributed by atoms with E-state index in [-0.39, 0.29) is 5.82 Å². The Kier molecular flexibility index (Phi) is 6.04. The van der Waals surface area contributed by atoms with Gasteiger partial charge in [-0.25, -0.2) is 9.37 Å². The number of rotatable bonds is 7.